The fraction of sp³-hybridized carbons (Fsp3) is 0.412. The highest BCUT2D eigenvalue weighted by Crippen LogP contribution is 2.15. The van der Waals surface area contributed by atoms with Crippen molar-refractivity contribution in [3.05, 3.63) is 47.4 Å². The van der Waals surface area contributed by atoms with Gasteiger partial charge in [-0.2, -0.15) is 0 Å². The molecule has 25 heavy (non-hydrogen) atoms. The summed E-state index contributed by atoms with van der Waals surface area (Å²) < 4.78 is 24.3. The van der Waals surface area contributed by atoms with Gasteiger partial charge in [0.15, 0.2) is 16.7 Å². The van der Waals surface area contributed by atoms with Crippen molar-refractivity contribution in [2.24, 2.45) is 0 Å². The second kappa shape index (κ2) is 8.94. The summed E-state index contributed by atoms with van der Waals surface area (Å²) in [5, 5.41) is 21.0. The lowest BCUT2D eigenvalue weighted by molar-refractivity contribution is 0.0905. The van der Waals surface area contributed by atoms with Gasteiger partial charge in [0, 0.05) is 18.2 Å². The standard InChI is InChI=1S/C17H21ClFN3O3/c1-17(2,11-25-16-8-7-15(18)21-22-16)20-9-12(23)10-24-14-6-4-3-5-13(14)19/h3-8,12,20,23H,9-11H2,1-2H3. The van der Waals surface area contributed by atoms with E-state index in [0.29, 0.717) is 17.6 Å². The molecule has 1 aromatic heterocycles. The number of aromatic nitrogens is 2. The maximum atomic E-state index is 13.4. The molecule has 0 fully saturated rings. The lowest BCUT2D eigenvalue weighted by Crippen LogP contribution is -2.48. The summed E-state index contributed by atoms with van der Waals surface area (Å²) in [7, 11) is 0. The third-order valence-electron chi connectivity index (χ3n) is 3.27. The molecule has 0 aliphatic heterocycles. The van der Waals surface area contributed by atoms with Gasteiger partial charge < -0.3 is 19.9 Å². The van der Waals surface area contributed by atoms with Crippen molar-refractivity contribution in [2.75, 3.05) is 19.8 Å². The molecule has 0 aliphatic carbocycles. The molecule has 2 aromatic rings. The van der Waals surface area contributed by atoms with Crippen LogP contribution in [0.5, 0.6) is 11.6 Å². The van der Waals surface area contributed by atoms with Gasteiger partial charge in [0.1, 0.15) is 19.3 Å². The number of aliphatic hydroxyl groups is 1. The SMILES string of the molecule is CC(C)(COc1ccc(Cl)nn1)NCC(O)COc1ccccc1F. The smallest absolute Gasteiger partial charge is 0.233 e. The molecule has 1 aromatic carbocycles. The summed E-state index contributed by atoms with van der Waals surface area (Å²) in [4.78, 5) is 0. The number of ether oxygens (including phenoxy) is 2. The lowest BCUT2D eigenvalue weighted by Gasteiger charge is -2.27. The van der Waals surface area contributed by atoms with Crippen LogP contribution >= 0.6 is 11.6 Å². The third kappa shape index (κ3) is 6.81. The maximum absolute atomic E-state index is 13.4. The Balaban J connectivity index is 1.72. The number of nitrogens with one attached hydrogen (secondary N) is 1. The number of hydrogen-bond acceptors (Lipinski definition) is 6. The first kappa shape index (κ1) is 19.4. The van der Waals surface area contributed by atoms with Crippen LogP contribution in [0.3, 0.4) is 0 Å². The molecule has 136 valence electrons. The van der Waals surface area contributed by atoms with Gasteiger partial charge in [-0.25, -0.2) is 4.39 Å². The molecule has 0 bridgehead atoms. The molecule has 0 saturated carbocycles. The number of hydrogen-bond donors (Lipinski definition) is 2. The fourth-order valence-electron chi connectivity index (χ4n) is 1.89. The van der Waals surface area contributed by atoms with Gasteiger partial charge in [-0.05, 0) is 32.0 Å². The first-order valence-corrected chi connectivity index (χ1v) is 8.16. The quantitative estimate of drug-likeness (QED) is 0.707. The number of β-amino-alcohol motifs (C(OH)–C–C–N with tert-alkyl or cyclic N) is 1. The van der Waals surface area contributed by atoms with Crippen LogP contribution in [0.2, 0.25) is 5.15 Å². The van der Waals surface area contributed by atoms with Gasteiger partial charge in [-0.3, -0.25) is 0 Å². The first-order chi connectivity index (χ1) is 11.9. The molecule has 0 saturated heterocycles. The van der Waals surface area contributed by atoms with Crippen LogP contribution in [0.1, 0.15) is 13.8 Å². The molecule has 6 nitrogen and oxygen atoms in total. The number of rotatable bonds is 9. The summed E-state index contributed by atoms with van der Waals surface area (Å²) >= 11 is 5.67. The van der Waals surface area contributed by atoms with E-state index in [0.717, 1.165) is 0 Å². The summed E-state index contributed by atoms with van der Waals surface area (Å²) in [6.07, 6.45) is -0.797. The van der Waals surface area contributed by atoms with Crippen molar-refractivity contribution in [2.45, 2.75) is 25.5 Å². The van der Waals surface area contributed by atoms with Gasteiger partial charge in [-0.15, -0.1) is 10.2 Å². The number of para-hydroxylation sites is 1. The van der Waals surface area contributed by atoms with Crippen LogP contribution in [-0.2, 0) is 0 Å². The summed E-state index contributed by atoms with van der Waals surface area (Å²) in [5.41, 5.74) is -0.430. The summed E-state index contributed by atoms with van der Waals surface area (Å²) in [6.45, 7) is 4.39. The van der Waals surface area contributed by atoms with E-state index in [1.54, 1.807) is 24.3 Å². The molecule has 0 aliphatic rings. The molecule has 2 rings (SSSR count). The molecular formula is C17H21ClFN3O3. The molecule has 2 N–H and O–H groups in total. The zero-order valence-electron chi connectivity index (χ0n) is 14.1. The van der Waals surface area contributed by atoms with Crippen molar-refractivity contribution >= 4 is 11.6 Å². The largest absolute Gasteiger partial charge is 0.488 e. The highest BCUT2D eigenvalue weighted by Gasteiger charge is 2.20. The van der Waals surface area contributed by atoms with Gasteiger partial charge in [0.05, 0.1) is 0 Å². The first-order valence-electron chi connectivity index (χ1n) is 7.78. The molecule has 1 unspecified atom stereocenters. The minimum absolute atomic E-state index is 0.0203. The summed E-state index contributed by atoms with van der Waals surface area (Å²) in [5.74, 6) is 0.0219. The van der Waals surface area contributed by atoms with Gasteiger partial charge in [-0.1, -0.05) is 23.7 Å². The summed E-state index contributed by atoms with van der Waals surface area (Å²) in [6, 6.07) is 9.29. The van der Waals surface area contributed by atoms with E-state index >= 15 is 0 Å². The minimum Gasteiger partial charge on any atom is -0.488 e. The van der Waals surface area contributed by atoms with E-state index in [1.807, 2.05) is 13.8 Å². The van der Waals surface area contributed by atoms with Crippen LogP contribution < -0.4 is 14.8 Å². The normalized spacial score (nSPS) is 12.7. The van der Waals surface area contributed by atoms with E-state index < -0.39 is 17.5 Å². The average molecular weight is 370 g/mol. The van der Waals surface area contributed by atoms with E-state index in [4.69, 9.17) is 21.1 Å². The third-order valence-corrected chi connectivity index (χ3v) is 3.47. The van der Waals surface area contributed by atoms with Crippen molar-refractivity contribution in [1.82, 2.24) is 15.5 Å². The number of nitrogens with zero attached hydrogens (tertiary/aromatic N) is 2. The molecule has 0 amide bonds. The van der Waals surface area contributed by atoms with Gasteiger partial charge >= 0.3 is 0 Å². The van der Waals surface area contributed by atoms with E-state index in [-0.39, 0.29) is 18.9 Å². The Morgan fingerprint density at radius 2 is 1.96 bits per heavy atom. The molecular weight excluding hydrogens is 349 g/mol. The molecule has 8 heteroatoms. The monoisotopic (exact) mass is 369 g/mol. The average Bonchev–Trinajstić information content (AvgIpc) is 2.59. The highest BCUT2D eigenvalue weighted by atomic mass is 35.5. The predicted octanol–water partition coefficient (Wildman–Crippen LogP) is 2.46. The molecule has 0 radical (unpaired) electrons. The van der Waals surface area contributed by atoms with Crippen LogP contribution in [0.25, 0.3) is 0 Å². The van der Waals surface area contributed by atoms with Crippen LogP contribution in [0.4, 0.5) is 4.39 Å². The lowest BCUT2D eigenvalue weighted by atomic mass is 10.1. The van der Waals surface area contributed by atoms with Crippen molar-refractivity contribution < 1.29 is 19.0 Å². The topological polar surface area (TPSA) is 76.5 Å². The Labute approximate surface area is 150 Å². The van der Waals surface area contributed by atoms with Gasteiger partial charge in [0.2, 0.25) is 5.88 Å². The Morgan fingerprint density at radius 1 is 1.20 bits per heavy atom. The minimum atomic E-state index is -0.797. The van der Waals surface area contributed by atoms with Crippen molar-refractivity contribution in [3.63, 3.8) is 0 Å². The van der Waals surface area contributed by atoms with Crippen LogP contribution in [0, 0.1) is 5.82 Å². The zero-order valence-corrected chi connectivity index (χ0v) is 14.8. The Kier molecular flexibility index (Phi) is 6.92. The van der Waals surface area contributed by atoms with Gasteiger partial charge in [0.25, 0.3) is 0 Å². The number of benzene rings is 1. The van der Waals surface area contributed by atoms with Crippen LogP contribution in [-0.4, -0.2) is 46.7 Å². The maximum Gasteiger partial charge on any atom is 0.233 e. The Morgan fingerprint density at radius 3 is 2.64 bits per heavy atom. The fourth-order valence-corrected chi connectivity index (χ4v) is 1.99. The van der Waals surface area contributed by atoms with Crippen molar-refractivity contribution in [3.8, 4) is 11.6 Å². The van der Waals surface area contributed by atoms with Crippen LogP contribution in [0.15, 0.2) is 36.4 Å². The zero-order chi connectivity index (χ0) is 18.3. The molecule has 1 heterocycles. The van der Waals surface area contributed by atoms with E-state index in [2.05, 4.69) is 15.5 Å². The van der Waals surface area contributed by atoms with Crippen molar-refractivity contribution in [1.29, 1.82) is 0 Å². The number of halogens is 2. The molecule has 1 atom stereocenters. The second-order valence-electron chi connectivity index (χ2n) is 6.14. The van der Waals surface area contributed by atoms with E-state index in [9.17, 15) is 9.50 Å². The number of aliphatic hydroxyl groups excluding tert-OH is 1. The Bertz CT molecular complexity index is 670. The predicted molar refractivity (Wildman–Crippen MR) is 92.5 cm³/mol. The second-order valence-corrected chi connectivity index (χ2v) is 6.53. The van der Waals surface area contributed by atoms with E-state index in [1.165, 1.54) is 12.1 Å². The molecule has 0 spiro atoms. The highest BCUT2D eigenvalue weighted by molar-refractivity contribution is 6.29. The Hall–Kier alpha value is -1.96.